The van der Waals surface area contributed by atoms with Crippen LogP contribution in [-0.4, -0.2) is 53.4 Å². The number of carbonyl (C=O) groups excluding carboxylic acids is 2. The number of amides is 2. The van der Waals surface area contributed by atoms with E-state index in [-0.39, 0.29) is 42.8 Å². The summed E-state index contributed by atoms with van der Waals surface area (Å²) in [6.45, 7) is 1.49. The van der Waals surface area contributed by atoms with Crippen LogP contribution in [0.5, 0.6) is 0 Å². The fraction of sp³-hybridized carbons (Fsp3) is 0.481. The molecule has 0 radical (unpaired) electrons. The van der Waals surface area contributed by atoms with E-state index in [0.717, 1.165) is 42.6 Å². The summed E-state index contributed by atoms with van der Waals surface area (Å²) in [6.07, 6.45) is 4.64. The maximum atomic E-state index is 13.0. The average molecular weight is 496 g/mol. The van der Waals surface area contributed by atoms with Gasteiger partial charge in [-0.2, -0.15) is 0 Å². The minimum absolute atomic E-state index is 0.0220. The van der Waals surface area contributed by atoms with E-state index in [0.29, 0.717) is 13.2 Å². The molecule has 2 saturated heterocycles. The van der Waals surface area contributed by atoms with Crippen molar-refractivity contribution >= 4 is 29.3 Å². The monoisotopic (exact) mass is 495 g/mol. The lowest BCUT2D eigenvalue weighted by Gasteiger charge is -2.40. The Morgan fingerprint density at radius 2 is 2.06 bits per heavy atom. The lowest BCUT2D eigenvalue weighted by Crippen LogP contribution is -2.46. The molecule has 2 aromatic carbocycles. The first-order chi connectivity index (χ1) is 17.0. The van der Waals surface area contributed by atoms with Crippen LogP contribution in [0.1, 0.15) is 60.9 Å². The van der Waals surface area contributed by atoms with Gasteiger partial charge in [0.05, 0.1) is 30.9 Å². The number of anilines is 1. The Bertz CT molecular complexity index is 1090. The summed E-state index contributed by atoms with van der Waals surface area (Å²) in [4.78, 5) is 28.7. The van der Waals surface area contributed by atoms with E-state index in [9.17, 15) is 14.7 Å². The molecular weight excluding hydrogens is 462 g/mol. The number of nitrogens with one attached hydrogen (secondary N) is 2. The number of nitrogens with zero attached hydrogens (tertiary/aromatic N) is 1. The van der Waals surface area contributed by atoms with Gasteiger partial charge in [-0.15, -0.1) is 11.8 Å². The van der Waals surface area contributed by atoms with E-state index in [4.69, 9.17) is 4.74 Å². The third kappa shape index (κ3) is 5.20. The van der Waals surface area contributed by atoms with Crippen LogP contribution < -0.4 is 10.6 Å². The molecule has 2 aromatic rings. The summed E-state index contributed by atoms with van der Waals surface area (Å²) in [5.74, 6) is -0.0730. The van der Waals surface area contributed by atoms with Crippen LogP contribution in [0, 0.1) is 0 Å². The fourth-order valence-electron chi connectivity index (χ4n) is 5.46. The van der Waals surface area contributed by atoms with E-state index in [2.05, 4.69) is 35.1 Å². The molecule has 0 saturated carbocycles. The van der Waals surface area contributed by atoms with E-state index in [1.54, 1.807) is 11.8 Å². The van der Waals surface area contributed by atoms with Gasteiger partial charge in [-0.05, 0) is 48.4 Å². The van der Waals surface area contributed by atoms with Gasteiger partial charge in [0.1, 0.15) is 0 Å². The highest BCUT2D eigenvalue weighted by atomic mass is 32.2. The molecule has 3 N–H and O–H groups in total. The standard InChI is InChI=1S/C27H33N3O4S/c1-35-25-7-3-2-5-18(25)22-6-4-12-30(22)27(33)11-10-26(32)28-15-17-8-9-20-19(13-17)24-14-21(29-20)23(31)16-34-24/h2-3,5,7-9,13,21-24,29,31H,4,6,10-12,14-16H2,1H3,(H,28,32)/t21-,22-,23-,24-/m1/s1. The number of likely N-dealkylation sites (tertiary alicyclic amines) is 1. The van der Waals surface area contributed by atoms with Crippen LogP contribution >= 0.6 is 11.8 Å². The zero-order valence-corrected chi connectivity index (χ0v) is 20.9. The van der Waals surface area contributed by atoms with E-state index >= 15 is 0 Å². The Hall–Kier alpha value is -2.55. The SMILES string of the molecule is CSc1ccccc1[C@H]1CCCN1C(=O)CCC(=O)NCc1ccc2c(c1)[C@H]1C[C@@H](N2)[C@H](O)CO1. The molecule has 0 aliphatic carbocycles. The maximum Gasteiger partial charge on any atom is 0.223 e. The fourth-order valence-corrected chi connectivity index (χ4v) is 6.12. The summed E-state index contributed by atoms with van der Waals surface area (Å²) in [6, 6.07) is 14.4. The Kier molecular flexibility index (Phi) is 7.32. The molecule has 0 spiro atoms. The third-order valence-electron chi connectivity index (χ3n) is 7.33. The average Bonchev–Trinajstić information content (AvgIpc) is 3.38. The van der Waals surface area contributed by atoms with Crippen molar-refractivity contribution in [2.24, 2.45) is 0 Å². The topological polar surface area (TPSA) is 90.9 Å². The minimum Gasteiger partial charge on any atom is -0.389 e. The second kappa shape index (κ2) is 10.6. The summed E-state index contributed by atoms with van der Waals surface area (Å²) in [7, 11) is 0. The molecule has 8 heteroatoms. The molecule has 0 aromatic heterocycles. The molecule has 2 bridgehead atoms. The largest absolute Gasteiger partial charge is 0.389 e. The second-order valence-corrected chi connectivity index (χ2v) is 10.4. The Morgan fingerprint density at radius 3 is 2.91 bits per heavy atom. The summed E-state index contributed by atoms with van der Waals surface area (Å²) in [5, 5.41) is 16.4. The zero-order chi connectivity index (χ0) is 24.4. The first kappa shape index (κ1) is 24.2. The predicted molar refractivity (Wildman–Crippen MR) is 136 cm³/mol. The number of hydrogen-bond acceptors (Lipinski definition) is 6. The highest BCUT2D eigenvalue weighted by Gasteiger charge is 2.36. The number of thioether (sulfide) groups is 1. The van der Waals surface area contributed by atoms with Crippen molar-refractivity contribution in [3.63, 3.8) is 0 Å². The molecule has 4 atom stereocenters. The van der Waals surface area contributed by atoms with Crippen molar-refractivity contribution in [3.8, 4) is 0 Å². The second-order valence-electron chi connectivity index (χ2n) is 9.56. The Labute approximate surface area is 210 Å². The molecule has 2 fully saturated rings. The van der Waals surface area contributed by atoms with Crippen LogP contribution in [0.25, 0.3) is 0 Å². The van der Waals surface area contributed by atoms with Crippen molar-refractivity contribution in [1.29, 1.82) is 0 Å². The highest BCUT2D eigenvalue weighted by molar-refractivity contribution is 7.98. The van der Waals surface area contributed by atoms with Crippen molar-refractivity contribution in [1.82, 2.24) is 10.2 Å². The molecular formula is C27H33N3O4S. The van der Waals surface area contributed by atoms with Gasteiger partial charge in [-0.1, -0.05) is 24.3 Å². The first-order valence-electron chi connectivity index (χ1n) is 12.4. The summed E-state index contributed by atoms with van der Waals surface area (Å²) < 4.78 is 5.82. The van der Waals surface area contributed by atoms with Gasteiger partial charge in [0.2, 0.25) is 11.8 Å². The van der Waals surface area contributed by atoms with E-state index < -0.39 is 6.10 Å². The van der Waals surface area contributed by atoms with Crippen LogP contribution in [0.15, 0.2) is 47.4 Å². The minimum atomic E-state index is -0.489. The van der Waals surface area contributed by atoms with Gasteiger partial charge in [0.15, 0.2) is 0 Å². The molecule has 5 rings (SSSR count). The van der Waals surface area contributed by atoms with E-state index in [1.165, 1.54) is 10.5 Å². The normalized spacial score (nSPS) is 25.0. The molecule has 35 heavy (non-hydrogen) atoms. The van der Waals surface area contributed by atoms with Gasteiger partial charge in [-0.25, -0.2) is 0 Å². The summed E-state index contributed by atoms with van der Waals surface area (Å²) in [5.41, 5.74) is 4.25. The van der Waals surface area contributed by atoms with Gasteiger partial charge in [0.25, 0.3) is 0 Å². The number of aliphatic hydroxyl groups excluding tert-OH is 1. The number of hydrogen-bond donors (Lipinski definition) is 3. The molecule has 3 aliphatic heterocycles. The van der Waals surface area contributed by atoms with Crippen molar-refractivity contribution in [3.05, 3.63) is 59.2 Å². The van der Waals surface area contributed by atoms with Crippen molar-refractivity contribution < 1.29 is 19.4 Å². The van der Waals surface area contributed by atoms with E-state index in [1.807, 2.05) is 29.2 Å². The van der Waals surface area contributed by atoms with Gasteiger partial charge >= 0.3 is 0 Å². The summed E-state index contributed by atoms with van der Waals surface area (Å²) >= 11 is 1.71. The lowest BCUT2D eigenvalue weighted by atomic mass is 9.89. The molecule has 186 valence electrons. The van der Waals surface area contributed by atoms with Crippen LogP contribution in [0.2, 0.25) is 0 Å². The smallest absolute Gasteiger partial charge is 0.223 e. The quantitative estimate of drug-likeness (QED) is 0.507. The lowest BCUT2D eigenvalue weighted by molar-refractivity contribution is -0.134. The van der Waals surface area contributed by atoms with Gasteiger partial charge < -0.3 is 25.4 Å². The highest BCUT2D eigenvalue weighted by Crippen LogP contribution is 2.40. The van der Waals surface area contributed by atoms with Gasteiger partial charge in [0, 0.05) is 48.5 Å². The Morgan fingerprint density at radius 1 is 1.20 bits per heavy atom. The number of fused-ring (bicyclic) bond motifs is 4. The van der Waals surface area contributed by atoms with Gasteiger partial charge in [-0.3, -0.25) is 9.59 Å². The molecule has 3 heterocycles. The van der Waals surface area contributed by atoms with Crippen molar-refractivity contribution in [2.75, 3.05) is 24.7 Å². The first-order valence-corrected chi connectivity index (χ1v) is 13.6. The number of carbonyl (C=O) groups is 2. The molecule has 7 nitrogen and oxygen atoms in total. The maximum absolute atomic E-state index is 13.0. The third-order valence-corrected chi connectivity index (χ3v) is 8.14. The zero-order valence-electron chi connectivity index (χ0n) is 20.0. The predicted octanol–water partition coefficient (Wildman–Crippen LogP) is 3.79. The number of ether oxygens (including phenoxy) is 1. The molecule has 0 unspecified atom stereocenters. The molecule has 3 aliphatic rings. The van der Waals surface area contributed by atoms with Crippen molar-refractivity contribution in [2.45, 2.75) is 67.8 Å². The van der Waals surface area contributed by atoms with Crippen LogP contribution in [0.3, 0.4) is 0 Å². The number of benzene rings is 2. The number of aliphatic hydroxyl groups is 1. The van der Waals surface area contributed by atoms with Crippen LogP contribution in [-0.2, 0) is 20.9 Å². The molecule has 2 amide bonds. The van der Waals surface area contributed by atoms with Crippen LogP contribution in [0.4, 0.5) is 5.69 Å². The Balaban J connectivity index is 1.14. The number of rotatable bonds is 7.